The Bertz CT molecular complexity index is 1380. The highest BCUT2D eigenvalue weighted by Crippen LogP contribution is 2.41. The fraction of sp³-hybridized carbons (Fsp3) is 0.111. The molecular weight excluding hydrogens is 434 g/mol. The molecule has 1 atom stereocenters. The van der Waals surface area contributed by atoms with Gasteiger partial charge in [-0.3, -0.25) is 0 Å². The van der Waals surface area contributed by atoms with Gasteiger partial charge in [0.1, 0.15) is 17.0 Å². The number of nitrogens with zero attached hydrogens (tertiary/aromatic N) is 3. The smallest absolute Gasteiger partial charge is 0.149 e. The highest BCUT2D eigenvalue weighted by molar-refractivity contribution is 7.99. The quantitative estimate of drug-likeness (QED) is 0.199. The lowest BCUT2D eigenvalue weighted by atomic mass is 10.1. The van der Waals surface area contributed by atoms with Gasteiger partial charge in [-0.25, -0.2) is 9.97 Å². The Morgan fingerprint density at radius 1 is 0.906 bits per heavy atom. The van der Waals surface area contributed by atoms with Crippen molar-refractivity contribution in [3.8, 4) is 16.8 Å². The second kappa shape index (κ2) is 8.81. The van der Waals surface area contributed by atoms with Crippen LogP contribution in [0.1, 0.15) is 23.3 Å². The number of fused-ring (bicyclic) bond motifs is 1. The molecule has 2 heterocycles. The van der Waals surface area contributed by atoms with Gasteiger partial charge in [0.25, 0.3) is 0 Å². The van der Waals surface area contributed by atoms with E-state index < -0.39 is 0 Å². The predicted octanol–water partition coefficient (Wildman–Crippen LogP) is 7.90. The molecular formula is C27H22ClN3S. The van der Waals surface area contributed by atoms with Crippen LogP contribution in [-0.4, -0.2) is 14.5 Å². The third kappa shape index (κ3) is 3.92. The van der Waals surface area contributed by atoms with Crippen LogP contribution in [0, 0.1) is 6.92 Å². The molecule has 1 unspecified atom stereocenters. The Hall–Kier alpha value is -3.08. The van der Waals surface area contributed by atoms with E-state index in [-0.39, 0.29) is 5.25 Å². The topological polar surface area (TPSA) is 30.7 Å². The molecule has 0 aliphatic heterocycles. The first-order valence-corrected chi connectivity index (χ1v) is 11.8. The maximum Gasteiger partial charge on any atom is 0.149 e. The van der Waals surface area contributed by atoms with Gasteiger partial charge in [0.05, 0.1) is 5.39 Å². The largest absolute Gasteiger partial charge is 0.301 e. The maximum atomic E-state index is 6.46. The highest BCUT2D eigenvalue weighted by atomic mass is 35.5. The molecule has 3 nitrogen and oxygen atoms in total. The molecule has 5 rings (SSSR count). The number of rotatable bonds is 5. The van der Waals surface area contributed by atoms with Gasteiger partial charge in [0.15, 0.2) is 0 Å². The monoisotopic (exact) mass is 455 g/mol. The molecule has 5 heteroatoms. The van der Waals surface area contributed by atoms with Crippen LogP contribution in [-0.2, 0) is 0 Å². The van der Waals surface area contributed by atoms with Gasteiger partial charge in [-0.1, -0.05) is 90.1 Å². The molecule has 0 bridgehead atoms. The summed E-state index contributed by atoms with van der Waals surface area (Å²) in [6.07, 6.45) is 3.80. The molecule has 2 aromatic heterocycles. The van der Waals surface area contributed by atoms with Crippen LogP contribution in [0.2, 0.25) is 5.02 Å². The van der Waals surface area contributed by atoms with Gasteiger partial charge in [-0.05, 0) is 42.7 Å². The van der Waals surface area contributed by atoms with Crippen molar-refractivity contribution in [2.45, 2.75) is 24.1 Å². The second-order valence-electron chi connectivity index (χ2n) is 7.76. The van der Waals surface area contributed by atoms with E-state index in [9.17, 15) is 0 Å². The van der Waals surface area contributed by atoms with E-state index in [1.54, 1.807) is 18.1 Å². The van der Waals surface area contributed by atoms with E-state index in [0.717, 1.165) is 43.5 Å². The minimum Gasteiger partial charge on any atom is -0.301 e. The van der Waals surface area contributed by atoms with E-state index in [0.29, 0.717) is 0 Å². The molecule has 0 saturated heterocycles. The summed E-state index contributed by atoms with van der Waals surface area (Å²) in [5.74, 6) is 0. The van der Waals surface area contributed by atoms with Crippen molar-refractivity contribution >= 4 is 34.4 Å². The normalized spacial score (nSPS) is 12.2. The van der Waals surface area contributed by atoms with Gasteiger partial charge < -0.3 is 4.57 Å². The molecule has 0 aliphatic carbocycles. The maximum absolute atomic E-state index is 6.46. The molecule has 0 amide bonds. The van der Waals surface area contributed by atoms with Crippen molar-refractivity contribution in [3.63, 3.8) is 0 Å². The van der Waals surface area contributed by atoms with Crippen molar-refractivity contribution in [2.75, 3.05) is 0 Å². The van der Waals surface area contributed by atoms with E-state index in [4.69, 9.17) is 21.6 Å². The van der Waals surface area contributed by atoms with E-state index in [1.165, 1.54) is 5.56 Å². The average Bonchev–Trinajstić information content (AvgIpc) is 3.23. The number of aromatic nitrogens is 3. The fourth-order valence-corrected chi connectivity index (χ4v) is 5.08. The van der Waals surface area contributed by atoms with Gasteiger partial charge in [0.2, 0.25) is 0 Å². The summed E-state index contributed by atoms with van der Waals surface area (Å²) in [5, 5.41) is 3.03. The predicted molar refractivity (Wildman–Crippen MR) is 135 cm³/mol. The van der Waals surface area contributed by atoms with Crippen LogP contribution in [0.15, 0.2) is 96.4 Å². The summed E-state index contributed by atoms with van der Waals surface area (Å²) in [6.45, 7) is 4.23. The Labute approximate surface area is 197 Å². The van der Waals surface area contributed by atoms with Crippen molar-refractivity contribution in [3.05, 3.63) is 108 Å². The van der Waals surface area contributed by atoms with Crippen molar-refractivity contribution < 1.29 is 0 Å². The summed E-state index contributed by atoms with van der Waals surface area (Å²) < 4.78 is 2.11. The molecule has 0 spiro atoms. The molecule has 0 radical (unpaired) electrons. The summed E-state index contributed by atoms with van der Waals surface area (Å²) in [6, 6.07) is 27.0. The van der Waals surface area contributed by atoms with Gasteiger partial charge in [-0.15, -0.1) is 0 Å². The summed E-state index contributed by atoms with van der Waals surface area (Å²) >= 11 is 8.22. The van der Waals surface area contributed by atoms with E-state index >= 15 is 0 Å². The molecule has 0 fully saturated rings. The van der Waals surface area contributed by atoms with E-state index in [2.05, 4.69) is 72.3 Å². The minimum absolute atomic E-state index is 0.259. The lowest BCUT2D eigenvalue weighted by Gasteiger charge is -2.12. The van der Waals surface area contributed by atoms with Crippen molar-refractivity contribution in [1.82, 2.24) is 14.5 Å². The molecule has 32 heavy (non-hydrogen) atoms. The first-order chi connectivity index (χ1) is 15.6. The lowest BCUT2D eigenvalue weighted by molar-refractivity contribution is 1.03. The third-order valence-electron chi connectivity index (χ3n) is 5.62. The summed E-state index contributed by atoms with van der Waals surface area (Å²) in [5.41, 5.74) is 6.44. The second-order valence-corrected chi connectivity index (χ2v) is 9.50. The summed E-state index contributed by atoms with van der Waals surface area (Å²) in [4.78, 5) is 9.40. The van der Waals surface area contributed by atoms with Crippen LogP contribution in [0.4, 0.5) is 0 Å². The Morgan fingerprint density at radius 3 is 2.34 bits per heavy atom. The molecule has 0 aliphatic rings. The lowest BCUT2D eigenvalue weighted by Crippen LogP contribution is -1.96. The van der Waals surface area contributed by atoms with Crippen molar-refractivity contribution in [2.24, 2.45) is 0 Å². The standard InChI is InChI=1S/C27H22ClN3S/c1-18-13-14-22(15-24(18)28)31-16-23(21-11-7-4-8-12-21)25-26(31)29-17-30-27(25)32-19(2)20-9-5-3-6-10-20/h3-17,19H,1-2H3. The zero-order valence-corrected chi connectivity index (χ0v) is 19.4. The van der Waals surface area contributed by atoms with Crippen LogP contribution in [0.25, 0.3) is 27.8 Å². The Morgan fingerprint density at radius 2 is 1.62 bits per heavy atom. The fourth-order valence-electron chi connectivity index (χ4n) is 3.85. The van der Waals surface area contributed by atoms with Gasteiger partial charge >= 0.3 is 0 Å². The van der Waals surface area contributed by atoms with Crippen LogP contribution in [0.3, 0.4) is 0 Å². The van der Waals surface area contributed by atoms with Gasteiger partial charge in [-0.2, -0.15) is 0 Å². The number of benzene rings is 3. The Balaban J connectivity index is 1.70. The first kappa shape index (κ1) is 20.8. The minimum atomic E-state index is 0.259. The number of thioether (sulfide) groups is 1. The third-order valence-corrected chi connectivity index (χ3v) is 7.19. The number of hydrogen-bond donors (Lipinski definition) is 0. The molecule has 0 saturated carbocycles. The highest BCUT2D eigenvalue weighted by Gasteiger charge is 2.20. The molecule has 0 N–H and O–H groups in total. The zero-order valence-electron chi connectivity index (χ0n) is 17.9. The Kier molecular flexibility index (Phi) is 5.73. The summed E-state index contributed by atoms with van der Waals surface area (Å²) in [7, 11) is 0. The molecule has 5 aromatic rings. The van der Waals surface area contributed by atoms with Crippen molar-refractivity contribution in [1.29, 1.82) is 0 Å². The number of halogens is 1. The van der Waals surface area contributed by atoms with Crippen LogP contribution < -0.4 is 0 Å². The van der Waals surface area contributed by atoms with E-state index in [1.807, 2.05) is 31.2 Å². The average molecular weight is 456 g/mol. The SMILES string of the molecule is Cc1ccc(-n2cc(-c3ccccc3)c3c(SC(C)c4ccccc4)ncnc32)cc1Cl. The van der Waals surface area contributed by atoms with Crippen LogP contribution >= 0.6 is 23.4 Å². The molecule has 158 valence electrons. The number of hydrogen-bond acceptors (Lipinski definition) is 3. The zero-order chi connectivity index (χ0) is 22.1. The van der Waals surface area contributed by atoms with Crippen LogP contribution in [0.5, 0.6) is 0 Å². The number of aryl methyl sites for hydroxylation is 1. The molecule has 3 aromatic carbocycles. The first-order valence-electron chi connectivity index (χ1n) is 10.5. The van der Waals surface area contributed by atoms with Gasteiger partial charge in [0, 0.05) is 27.7 Å².